The Balaban J connectivity index is 2.81. The minimum Gasteiger partial charge on any atom is -0.493 e. The number of alkyl halides is 1. The number of rotatable bonds is 6. The van der Waals surface area contributed by atoms with E-state index in [2.05, 4.69) is 10.6 Å². The highest BCUT2D eigenvalue weighted by Gasteiger charge is 2.14. The molecule has 2 amide bonds. The summed E-state index contributed by atoms with van der Waals surface area (Å²) in [5.41, 5.74) is 0.450. The Kier molecular flexibility index (Phi) is 5.87. The lowest BCUT2D eigenvalue weighted by atomic mass is 10.3. The van der Waals surface area contributed by atoms with Crippen molar-refractivity contribution in [3.8, 4) is 11.5 Å². The number of ether oxygens (including phenoxy) is 2. The van der Waals surface area contributed by atoms with Gasteiger partial charge in [0.05, 0.1) is 26.1 Å². The van der Waals surface area contributed by atoms with Crippen LogP contribution >= 0.6 is 11.6 Å². The molecular weight excluding hydrogens is 274 g/mol. The molecule has 0 aliphatic carbocycles. The van der Waals surface area contributed by atoms with Gasteiger partial charge in [-0.2, -0.15) is 5.01 Å². The first-order valence-electron chi connectivity index (χ1n) is 5.36. The van der Waals surface area contributed by atoms with Gasteiger partial charge in [0.1, 0.15) is 0 Å². The van der Waals surface area contributed by atoms with Crippen LogP contribution in [0.2, 0.25) is 0 Å². The van der Waals surface area contributed by atoms with Crippen molar-refractivity contribution in [2.24, 2.45) is 5.29 Å². The van der Waals surface area contributed by atoms with E-state index in [1.807, 2.05) is 0 Å². The van der Waals surface area contributed by atoms with Crippen LogP contribution in [0, 0.1) is 4.91 Å². The van der Waals surface area contributed by atoms with Crippen LogP contribution in [0.15, 0.2) is 23.5 Å². The highest BCUT2D eigenvalue weighted by molar-refractivity contribution is 6.18. The van der Waals surface area contributed by atoms with Crippen molar-refractivity contribution in [2.75, 3.05) is 32.0 Å². The molecule has 104 valence electrons. The average molecular weight is 288 g/mol. The molecule has 8 heteroatoms. The fourth-order valence-corrected chi connectivity index (χ4v) is 1.52. The molecule has 0 atom stereocenters. The second-order valence-electron chi connectivity index (χ2n) is 3.39. The SMILES string of the molecule is COc1ccc(NC(=O)N(CCCl)N=O)cc1OC. The molecule has 0 aliphatic rings. The largest absolute Gasteiger partial charge is 0.493 e. The van der Waals surface area contributed by atoms with E-state index < -0.39 is 6.03 Å². The zero-order valence-electron chi connectivity index (χ0n) is 10.6. The number of urea groups is 1. The first kappa shape index (κ1) is 15.0. The Hall–Kier alpha value is -2.02. The summed E-state index contributed by atoms with van der Waals surface area (Å²) in [5.74, 6) is 1.11. The van der Waals surface area contributed by atoms with E-state index in [0.717, 1.165) is 0 Å². The van der Waals surface area contributed by atoms with Crippen LogP contribution < -0.4 is 14.8 Å². The highest BCUT2D eigenvalue weighted by atomic mass is 35.5. The van der Waals surface area contributed by atoms with Crippen molar-refractivity contribution in [1.29, 1.82) is 0 Å². The van der Waals surface area contributed by atoms with Gasteiger partial charge in [-0.15, -0.1) is 16.5 Å². The number of benzene rings is 1. The van der Waals surface area contributed by atoms with E-state index in [1.54, 1.807) is 18.2 Å². The van der Waals surface area contributed by atoms with E-state index in [0.29, 0.717) is 22.2 Å². The quantitative estimate of drug-likeness (QED) is 0.495. The van der Waals surface area contributed by atoms with Gasteiger partial charge in [0.25, 0.3) is 0 Å². The number of carbonyl (C=O) groups is 1. The Morgan fingerprint density at radius 1 is 1.37 bits per heavy atom. The molecule has 0 radical (unpaired) electrons. The third-order valence-corrected chi connectivity index (χ3v) is 2.43. The van der Waals surface area contributed by atoms with E-state index in [4.69, 9.17) is 21.1 Å². The van der Waals surface area contributed by atoms with Crippen LogP contribution in [0.3, 0.4) is 0 Å². The molecule has 1 aromatic rings. The zero-order valence-corrected chi connectivity index (χ0v) is 11.3. The molecule has 7 nitrogen and oxygen atoms in total. The Morgan fingerprint density at radius 3 is 2.58 bits per heavy atom. The summed E-state index contributed by atoms with van der Waals surface area (Å²) in [7, 11) is 2.99. The molecule has 0 heterocycles. The summed E-state index contributed by atoms with van der Waals surface area (Å²) >= 11 is 5.45. The Bertz CT molecular complexity index is 456. The number of nitrogens with one attached hydrogen (secondary N) is 1. The number of methoxy groups -OCH3 is 2. The number of carbonyl (C=O) groups excluding carboxylic acids is 1. The van der Waals surface area contributed by atoms with Crippen molar-refractivity contribution in [3.63, 3.8) is 0 Å². The fourth-order valence-electron chi connectivity index (χ4n) is 1.36. The van der Waals surface area contributed by atoms with Gasteiger partial charge in [0, 0.05) is 17.6 Å². The maximum atomic E-state index is 11.7. The Morgan fingerprint density at radius 2 is 2.05 bits per heavy atom. The van der Waals surface area contributed by atoms with E-state index in [9.17, 15) is 9.70 Å². The molecule has 1 N–H and O–H groups in total. The number of nitrogens with zero attached hydrogens (tertiary/aromatic N) is 2. The monoisotopic (exact) mass is 287 g/mol. The summed E-state index contributed by atoms with van der Waals surface area (Å²) in [6.07, 6.45) is 0. The molecule has 0 spiro atoms. The topological polar surface area (TPSA) is 80.2 Å². The molecule has 1 rings (SSSR count). The number of hydrogen-bond donors (Lipinski definition) is 1. The maximum Gasteiger partial charge on any atom is 0.344 e. The molecule has 1 aromatic carbocycles. The molecule has 0 bridgehead atoms. The number of anilines is 1. The smallest absolute Gasteiger partial charge is 0.344 e. The minimum absolute atomic E-state index is 0.0319. The van der Waals surface area contributed by atoms with Crippen LogP contribution in [0.1, 0.15) is 0 Å². The van der Waals surface area contributed by atoms with Crippen molar-refractivity contribution in [3.05, 3.63) is 23.1 Å². The van der Waals surface area contributed by atoms with Crippen LogP contribution in [-0.2, 0) is 0 Å². The predicted molar refractivity (Wildman–Crippen MR) is 71.8 cm³/mol. The number of halogens is 1. The summed E-state index contributed by atoms with van der Waals surface area (Å²) in [4.78, 5) is 22.1. The number of amides is 2. The number of hydrogen-bond acceptors (Lipinski definition) is 5. The number of nitroso groups, excluding NO2 is 1. The minimum atomic E-state index is -0.664. The molecular formula is C11H14ClN3O4. The molecule has 0 saturated heterocycles. The average Bonchev–Trinajstić information content (AvgIpc) is 2.44. The molecule has 0 unspecified atom stereocenters. The fraction of sp³-hybridized carbons (Fsp3) is 0.364. The van der Waals surface area contributed by atoms with E-state index in [1.165, 1.54) is 14.2 Å². The normalized spacial score (nSPS) is 9.63. The zero-order chi connectivity index (χ0) is 14.3. The molecule has 0 aliphatic heterocycles. The first-order chi connectivity index (χ1) is 9.15. The van der Waals surface area contributed by atoms with Crippen LogP contribution in [0.4, 0.5) is 10.5 Å². The van der Waals surface area contributed by atoms with E-state index in [-0.39, 0.29) is 12.4 Å². The summed E-state index contributed by atoms with van der Waals surface area (Å²) < 4.78 is 10.2. The third-order valence-electron chi connectivity index (χ3n) is 2.26. The molecule has 0 fully saturated rings. The van der Waals surface area contributed by atoms with Crippen molar-refractivity contribution < 1.29 is 14.3 Å². The van der Waals surface area contributed by atoms with Gasteiger partial charge in [-0.1, -0.05) is 0 Å². The van der Waals surface area contributed by atoms with Crippen LogP contribution in [0.5, 0.6) is 11.5 Å². The van der Waals surface area contributed by atoms with Gasteiger partial charge >= 0.3 is 6.03 Å². The maximum absolute atomic E-state index is 11.7. The van der Waals surface area contributed by atoms with Crippen molar-refractivity contribution >= 4 is 23.3 Å². The first-order valence-corrected chi connectivity index (χ1v) is 5.89. The third kappa shape index (κ3) is 3.99. The lowest BCUT2D eigenvalue weighted by Crippen LogP contribution is -2.31. The van der Waals surface area contributed by atoms with Crippen LogP contribution in [-0.4, -0.2) is 37.7 Å². The van der Waals surface area contributed by atoms with Crippen LogP contribution in [0.25, 0.3) is 0 Å². The standard InChI is InChI=1S/C11H14ClN3O4/c1-18-9-4-3-8(7-10(9)19-2)13-11(16)15(14-17)6-5-12/h3-4,7H,5-6H2,1-2H3,(H,13,16). The van der Waals surface area contributed by atoms with Crippen molar-refractivity contribution in [2.45, 2.75) is 0 Å². The van der Waals surface area contributed by atoms with Gasteiger partial charge in [0.15, 0.2) is 11.5 Å². The van der Waals surface area contributed by atoms with Gasteiger partial charge in [-0.05, 0) is 12.1 Å². The molecule has 0 saturated carbocycles. The second-order valence-corrected chi connectivity index (χ2v) is 3.77. The lowest BCUT2D eigenvalue weighted by Gasteiger charge is -2.14. The van der Waals surface area contributed by atoms with Gasteiger partial charge in [-0.3, -0.25) is 0 Å². The second kappa shape index (κ2) is 7.42. The van der Waals surface area contributed by atoms with Gasteiger partial charge < -0.3 is 14.8 Å². The Labute approximate surface area is 115 Å². The van der Waals surface area contributed by atoms with E-state index >= 15 is 0 Å². The summed E-state index contributed by atoms with van der Waals surface area (Å²) in [6.45, 7) is 0.0319. The summed E-state index contributed by atoms with van der Waals surface area (Å²) in [5, 5.41) is 5.78. The summed E-state index contributed by atoms with van der Waals surface area (Å²) in [6, 6.07) is 4.15. The molecule has 19 heavy (non-hydrogen) atoms. The predicted octanol–water partition coefficient (Wildman–Crippen LogP) is 2.46. The lowest BCUT2D eigenvalue weighted by molar-refractivity contribution is 0.216. The highest BCUT2D eigenvalue weighted by Crippen LogP contribution is 2.29. The van der Waals surface area contributed by atoms with Crippen molar-refractivity contribution in [1.82, 2.24) is 5.01 Å². The van der Waals surface area contributed by atoms with Gasteiger partial charge in [0.2, 0.25) is 0 Å². The molecule has 0 aromatic heterocycles. The van der Waals surface area contributed by atoms with Gasteiger partial charge in [-0.25, -0.2) is 4.79 Å².